The van der Waals surface area contributed by atoms with Gasteiger partial charge in [0.2, 0.25) is 5.91 Å². The Labute approximate surface area is 121 Å². The van der Waals surface area contributed by atoms with Gasteiger partial charge in [0.1, 0.15) is 0 Å². The van der Waals surface area contributed by atoms with Crippen molar-refractivity contribution in [3.63, 3.8) is 0 Å². The first-order valence-corrected chi connectivity index (χ1v) is 7.03. The van der Waals surface area contributed by atoms with Crippen LogP contribution >= 0.6 is 28.1 Å². The maximum Gasteiger partial charge on any atom is 0.226 e. The number of carbonyl (C=O) groups excluding carboxylic acids is 1. The molecule has 0 radical (unpaired) electrons. The number of hydrogen-bond donors (Lipinski definition) is 1. The highest BCUT2D eigenvalue weighted by Crippen LogP contribution is 2.13. The van der Waals surface area contributed by atoms with Gasteiger partial charge in [0, 0.05) is 24.0 Å². The summed E-state index contributed by atoms with van der Waals surface area (Å²) in [5.41, 5.74) is 6.46. The molecule has 18 heavy (non-hydrogen) atoms. The lowest BCUT2D eigenvalue weighted by Gasteiger charge is -2.20. The van der Waals surface area contributed by atoms with Gasteiger partial charge in [-0.1, -0.05) is 40.3 Å². The second kappa shape index (κ2) is 7.48. The summed E-state index contributed by atoms with van der Waals surface area (Å²) in [4.78, 5) is 14.3. The van der Waals surface area contributed by atoms with Gasteiger partial charge < -0.3 is 10.6 Å². The molecule has 3 nitrogen and oxygen atoms in total. The van der Waals surface area contributed by atoms with Crippen molar-refractivity contribution >= 4 is 39.0 Å². The molecule has 0 unspecified atom stereocenters. The fraction of sp³-hybridized carbons (Fsp3) is 0.385. The minimum atomic E-state index is 0.104. The number of rotatable bonds is 6. The molecule has 0 aliphatic rings. The van der Waals surface area contributed by atoms with Crippen LogP contribution in [-0.2, 0) is 11.2 Å². The van der Waals surface area contributed by atoms with Crippen molar-refractivity contribution in [1.29, 1.82) is 0 Å². The highest BCUT2D eigenvalue weighted by atomic mass is 79.9. The second-order valence-electron chi connectivity index (χ2n) is 4.00. The van der Waals surface area contributed by atoms with Crippen LogP contribution in [0.15, 0.2) is 28.7 Å². The van der Waals surface area contributed by atoms with Gasteiger partial charge in [0.25, 0.3) is 0 Å². The van der Waals surface area contributed by atoms with Crippen LogP contribution in [0.3, 0.4) is 0 Å². The van der Waals surface area contributed by atoms with Crippen LogP contribution in [0, 0.1) is 0 Å². The van der Waals surface area contributed by atoms with Crippen molar-refractivity contribution in [3.05, 3.63) is 34.3 Å². The topological polar surface area (TPSA) is 46.3 Å². The highest BCUT2D eigenvalue weighted by Gasteiger charge is 2.12. The zero-order chi connectivity index (χ0) is 13.5. The predicted molar refractivity (Wildman–Crippen MR) is 81.5 cm³/mol. The van der Waals surface area contributed by atoms with E-state index in [9.17, 15) is 4.79 Å². The average Bonchev–Trinajstić information content (AvgIpc) is 2.29. The lowest BCUT2D eigenvalue weighted by molar-refractivity contribution is -0.130. The van der Waals surface area contributed by atoms with E-state index in [1.807, 2.05) is 31.2 Å². The molecule has 0 spiro atoms. The molecule has 0 heterocycles. The minimum absolute atomic E-state index is 0.104. The quantitative estimate of drug-likeness (QED) is 0.816. The molecule has 1 aromatic rings. The van der Waals surface area contributed by atoms with E-state index in [0.717, 1.165) is 10.0 Å². The van der Waals surface area contributed by atoms with Crippen LogP contribution in [-0.4, -0.2) is 28.9 Å². The third-order valence-corrected chi connectivity index (χ3v) is 3.30. The molecule has 1 aromatic carbocycles. The number of thiocarbonyl (C=S) groups is 1. The van der Waals surface area contributed by atoms with Gasteiger partial charge in [-0.3, -0.25) is 4.79 Å². The first kappa shape index (κ1) is 15.1. The maximum atomic E-state index is 12.1. The van der Waals surface area contributed by atoms with Crippen LogP contribution < -0.4 is 5.73 Å². The molecule has 0 bridgehead atoms. The number of nitrogens with zero attached hydrogens (tertiary/aromatic N) is 1. The molecule has 0 aromatic heterocycles. The summed E-state index contributed by atoms with van der Waals surface area (Å²) in [5, 5.41) is 0. The Morgan fingerprint density at radius 2 is 2.22 bits per heavy atom. The molecule has 5 heteroatoms. The Morgan fingerprint density at radius 1 is 1.50 bits per heavy atom. The molecule has 0 aliphatic heterocycles. The molecule has 0 saturated heterocycles. The van der Waals surface area contributed by atoms with Gasteiger partial charge in [0.05, 0.1) is 11.4 Å². The number of hydrogen-bond acceptors (Lipinski definition) is 2. The fourth-order valence-corrected chi connectivity index (χ4v) is 2.18. The first-order valence-electron chi connectivity index (χ1n) is 5.83. The molecule has 0 aliphatic carbocycles. The van der Waals surface area contributed by atoms with Crippen molar-refractivity contribution in [3.8, 4) is 0 Å². The minimum Gasteiger partial charge on any atom is -0.393 e. The Balaban J connectivity index is 2.59. The largest absolute Gasteiger partial charge is 0.393 e. The van der Waals surface area contributed by atoms with Crippen molar-refractivity contribution < 1.29 is 4.79 Å². The Kier molecular flexibility index (Phi) is 6.29. The van der Waals surface area contributed by atoms with Crippen molar-refractivity contribution in [2.24, 2.45) is 5.73 Å². The van der Waals surface area contributed by atoms with E-state index in [-0.39, 0.29) is 5.91 Å². The summed E-state index contributed by atoms with van der Waals surface area (Å²) in [7, 11) is 0. The van der Waals surface area contributed by atoms with Crippen LogP contribution in [0.4, 0.5) is 0 Å². The van der Waals surface area contributed by atoms with Crippen LogP contribution in [0.25, 0.3) is 0 Å². The molecular weight excluding hydrogens is 312 g/mol. The summed E-state index contributed by atoms with van der Waals surface area (Å²) in [6.45, 7) is 3.23. The number of carbonyl (C=O) groups is 1. The van der Waals surface area contributed by atoms with E-state index < -0.39 is 0 Å². The molecule has 98 valence electrons. The number of benzene rings is 1. The SMILES string of the molecule is CCN(CCC(N)=S)C(=O)Cc1cccc(Br)c1. The zero-order valence-corrected chi connectivity index (χ0v) is 12.8. The Hall–Kier alpha value is -0.940. The molecule has 0 atom stereocenters. The summed E-state index contributed by atoms with van der Waals surface area (Å²) in [6.07, 6.45) is 0.984. The lowest BCUT2D eigenvalue weighted by Crippen LogP contribution is -2.34. The Morgan fingerprint density at radius 3 is 2.78 bits per heavy atom. The van der Waals surface area contributed by atoms with E-state index in [0.29, 0.717) is 30.9 Å². The Bertz CT molecular complexity index is 437. The zero-order valence-electron chi connectivity index (χ0n) is 10.4. The van der Waals surface area contributed by atoms with Crippen LogP contribution in [0.5, 0.6) is 0 Å². The summed E-state index contributed by atoms with van der Waals surface area (Å²) < 4.78 is 0.985. The number of likely N-dealkylation sites (N-methyl/N-ethyl adjacent to an activating group) is 1. The van der Waals surface area contributed by atoms with Gasteiger partial charge in [0.15, 0.2) is 0 Å². The first-order chi connectivity index (χ1) is 8.52. The number of amides is 1. The maximum absolute atomic E-state index is 12.1. The summed E-state index contributed by atoms with van der Waals surface area (Å²) >= 11 is 8.23. The van der Waals surface area contributed by atoms with Crippen molar-refractivity contribution in [1.82, 2.24) is 4.90 Å². The third kappa shape index (κ3) is 5.14. The van der Waals surface area contributed by atoms with Gasteiger partial charge in [-0.15, -0.1) is 0 Å². The monoisotopic (exact) mass is 328 g/mol. The molecule has 2 N–H and O–H groups in total. The van der Waals surface area contributed by atoms with Crippen LogP contribution in [0.2, 0.25) is 0 Å². The molecule has 0 fully saturated rings. The van der Waals surface area contributed by atoms with Gasteiger partial charge in [-0.25, -0.2) is 0 Å². The van der Waals surface area contributed by atoms with Gasteiger partial charge in [-0.2, -0.15) is 0 Å². The van der Waals surface area contributed by atoms with Crippen molar-refractivity contribution in [2.75, 3.05) is 13.1 Å². The predicted octanol–water partition coefficient (Wildman–Crippen LogP) is 2.52. The van der Waals surface area contributed by atoms with Gasteiger partial charge in [-0.05, 0) is 24.6 Å². The molecule has 0 saturated carbocycles. The fourth-order valence-electron chi connectivity index (χ4n) is 1.64. The third-order valence-electron chi connectivity index (χ3n) is 2.61. The lowest BCUT2D eigenvalue weighted by atomic mass is 10.1. The van der Waals surface area contributed by atoms with E-state index in [1.165, 1.54) is 0 Å². The van der Waals surface area contributed by atoms with E-state index in [2.05, 4.69) is 15.9 Å². The molecule has 1 amide bonds. The van der Waals surface area contributed by atoms with Crippen molar-refractivity contribution in [2.45, 2.75) is 19.8 Å². The average molecular weight is 329 g/mol. The molecular formula is C13H17BrN2OS. The van der Waals surface area contributed by atoms with Crippen LogP contribution in [0.1, 0.15) is 18.9 Å². The standard InChI is InChI=1S/C13H17BrN2OS/c1-2-16(7-6-12(15)18)13(17)9-10-4-3-5-11(14)8-10/h3-5,8H,2,6-7,9H2,1H3,(H2,15,18). The second-order valence-corrected chi connectivity index (χ2v) is 5.44. The summed E-state index contributed by atoms with van der Waals surface area (Å²) in [6, 6.07) is 7.78. The molecule has 1 rings (SSSR count). The number of nitrogens with two attached hydrogens (primary N) is 1. The van der Waals surface area contributed by atoms with E-state index >= 15 is 0 Å². The smallest absolute Gasteiger partial charge is 0.226 e. The highest BCUT2D eigenvalue weighted by molar-refractivity contribution is 9.10. The van der Waals surface area contributed by atoms with Gasteiger partial charge >= 0.3 is 0 Å². The summed E-state index contributed by atoms with van der Waals surface area (Å²) in [5.74, 6) is 0.104. The normalized spacial score (nSPS) is 10.1. The number of halogens is 1. The van der Waals surface area contributed by atoms with E-state index in [4.69, 9.17) is 18.0 Å². The van der Waals surface area contributed by atoms with E-state index in [1.54, 1.807) is 4.90 Å².